The zero-order valence-corrected chi connectivity index (χ0v) is 20.2. The molecule has 6 nitrogen and oxygen atoms in total. The minimum Gasteiger partial charge on any atom is -0.356 e. The minimum absolute atomic E-state index is 0. The lowest BCUT2D eigenvalue weighted by Gasteiger charge is -2.31. The first-order valence-electron chi connectivity index (χ1n) is 10.2. The maximum Gasteiger partial charge on any atom is 0.511 e. The maximum atomic E-state index is 12.6. The van der Waals surface area contributed by atoms with Crippen LogP contribution in [0.3, 0.4) is 0 Å². The van der Waals surface area contributed by atoms with Crippen LogP contribution in [0.4, 0.5) is 13.2 Å². The molecule has 29 heavy (non-hydrogen) atoms. The molecule has 0 atom stereocenters. The van der Waals surface area contributed by atoms with E-state index in [1.807, 2.05) is 0 Å². The number of nitrogens with one attached hydrogen (secondary N) is 2. The quantitative estimate of drug-likeness (QED) is 0.218. The molecule has 1 saturated heterocycles. The molecule has 2 aliphatic rings. The van der Waals surface area contributed by atoms with Crippen molar-refractivity contribution in [3.63, 3.8) is 0 Å². The van der Waals surface area contributed by atoms with Gasteiger partial charge in [0.2, 0.25) is 0 Å². The maximum absolute atomic E-state index is 12.6. The zero-order chi connectivity index (χ0) is 20.6. The monoisotopic (exact) mass is 554 g/mol. The lowest BCUT2D eigenvalue weighted by molar-refractivity contribution is -0.0496. The number of piperidine rings is 1. The van der Waals surface area contributed by atoms with Crippen molar-refractivity contribution in [3.05, 3.63) is 0 Å². The van der Waals surface area contributed by atoms with Gasteiger partial charge in [-0.2, -0.15) is 17.5 Å². The van der Waals surface area contributed by atoms with Crippen LogP contribution in [0.5, 0.6) is 0 Å². The van der Waals surface area contributed by atoms with Gasteiger partial charge in [-0.25, -0.2) is 8.42 Å². The van der Waals surface area contributed by atoms with E-state index in [1.54, 1.807) is 7.05 Å². The second-order valence-electron chi connectivity index (χ2n) is 7.82. The molecule has 1 saturated carbocycles. The molecule has 1 aliphatic carbocycles. The van der Waals surface area contributed by atoms with Gasteiger partial charge in [0.1, 0.15) is 0 Å². The molecule has 11 heteroatoms. The highest BCUT2D eigenvalue weighted by Gasteiger charge is 2.50. The van der Waals surface area contributed by atoms with E-state index in [0.717, 1.165) is 18.9 Å². The van der Waals surface area contributed by atoms with Gasteiger partial charge < -0.3 is 10.6 Å². The summed E-state index contributed by atoms with van der Waals surface area (Å²) in [4.78, 5) is 4.18. The molecule has 2 fully saturated rings. The summed E-state index contributed by atoms with van der Waals surface area (Å²) < 4.78 is 61.3. The molecule has 0 aromatic rings. The van der Waals surface area contributed by atoms with Crippen molar-refractivity contribution in [2.24, 2.45) is 16.8 Å². The first-order chi connectivity index (χ1) is 13.2. The van der Waals surface area contributed by atoms with Crippen molar-refractivity contribution in [3.8, 4) is 0 Å². The summed E-state index contributed by atoms with van der Waals surface area (Å²) in [5.41, 5.74) is -5.22. The third kappa shape index (κ3) is 8.39. The average Bonchev–Trinajstić information content (AvgIpc) is 2.67. The van der Waals surface area contributed by atoms with E-state index in [2.05, 4.69) is 15.6 Å². The van der Waals surface area contributed by atoms with Crippen LogP contribution < -0.4 is 10.6 Å². The largest absolute Gasteiger partial charge is 0.511 e. The number of hydrogen-bond acceptors (Lipinski definition) is 3. The number of halogens is 4. The van der Waals surface area contributed by atoms with Gasteiger partial charge in [-0.3, -0.25) is 4.99 Å². The van der Waals surface area contributed by atoms with E-state index in [4.69, 9.17) is 0 Å². The number of hydrogen-bond donors (Lipinski definition) is 2. The second kappa shape index (κ2) is 12.5. The molecule has 0 unspecified atom stereocenters. The normalized spacial score (nSPS) is 20.9. The van der Waals surface area contributed by atoms with Crippen LogP contribution in [0, 0.1) is 11.8 Å². The van der Waals surface area contributed by atoms with Crippen molar-refractivity contribution < 1.29 is 21.6 Å². The molecule has 2 N–H and O–H groups in total. The van der Waals surface area contributed by atoms with Crippen LogP contribution in [-0.2, 0) is 10.0 Å². The van der Waals surface area contributed by atoms with Gasteiger partial charge in [0, 0.05) is 33.2 Å². The zero-order valence-electron chi connectivity index (χ0n) is 17.0. The van der Waals surface area contributed by atoms with Crippen molar-refractivity contribution in [1.29, 1.82) is 0 Å². The van der Waals surface area contributed by atoms with Gasteiger partial charge in [0.15, 0.2) is 5.96 Å². The molecule has 0 aromatic heterocycles. The Hall–Kier alpha value is -0.300. The molecule has 0 radical (unpaired) electrons. The predicted molar refractivity (Wildman–Crippen MR) is 120 cm³/mol. The van der Waals surface area contributed by atoms with Gasteiger partial charge in [0.05, 0.1) is 0 Å². The highest BCUT2D eigenvalue weighted by atomic mass is 127. The van der Waals surface area contributed by atoms with Crippen molar-refractivity contribution in [2.45, 2.75) is 63.3 Å². The van der Waals surface area contributed by atoms with E-state index in [0.29, 0.717) is 29.7 Å². The number of sulfonamides is 1. The molecule has 0 spiro atoms. The Labute approximate surface area is 189 Å². The van der Waals surface area contributed by atoms with E-state index in [9.17, 15) is 21.6 Å². The van der Waals surface area contributed by atoms with Crippen LogP contribution in [0.25, 0.3) is 0 Å². The summed E-state index contributed by atoms with van der Waals surface area (Å²) >= 11 is 0. The molecule has 1 heterocycles. The fourth-order valence-electron chi connectivity index (χ4n) is 4.04. The Morgan fingerprint density at radius 2 is 1.66 bits per heavy atom. The summed E-state index contributed by atoms with van der Waals surface area (Å²) in [6, 6.07) is 0. The summed E-state index contributed by atoms with van der Waals surface area (Å²) in [5.74, 6) is 1.66. The third-order valence-corrected chi connectivity index (χ3v) is 7.42. The summed E-state index contributed by atoms with van der Waals surface area (Å²) in [5, 5.41) is 6.50. The molecule has 0 bridgehead atoms. The molecule has 2 rings (SSSR count). The number of aliphatic imine (C=N–C) groups is 1. The van der Waals surface area contributed by atoms with Gasteiger partial charge >= 0.3 is 15.5 Å². The molecule has 0 amide bonds. The summed E-state index contributed by atoms with van der Waals surface area (Å²) in [6.07, 6.45) is 9.89. The van der Waals surface area contributed by atoms with Crippen LogP contribution in [0.1, 0.15) is 57.8 Å². The summed E-state index contributed by atoms with van der Waals surface area (Å²) in [7, 11) is -3.52. The lowest BCUT2D eigenvalue weighted by Crippen LogP contribution is -2.47. The van der Waals surface area contributed by atoms with Crippen molar-refractivity contribution in [2.75, 3.05) is 33.2 Å². The van der Waals surface area contributed by atoms with Gasteiger partial charge in [-0.1, -0.05) is 32.1 Å². The van der Waals surface area contributed by atoms with Gasteiger partial charge in [-0.05, 0) is 37.5 Å². The fourth-order valence-corrected chi connectivity index (χ4v) is 5.02. The molecule has 172 valence electrons. The van der Waals surface area contributed by atoms with Crippen molar-refractivity contribution in [1.82, 2.24) is 14.9 Å². The Morgan fingerprint density at radius 3 is 2.21 bits per heavy atom. The Kier molecular flexibility index (Phi) is 11.6. The van der Waals surface area contributed by atoms with Crippen LogP contribution >= 0.6 is 24.0 Å². The molecular weight excluding hydrogens is 520 g/mol. The number of nitrogens with zero attached hydrogens (tertiary/aromatic N) is 2. The van der Waals surface area contributed by atoms with Gasteiger partial charge in [0.25, 0.3) is 0 Å². The fraction of sp³-hybridized carbons (Fsp3) is 0.944. The minimum atomic E-state index is -5.22. The molecule has 1 aliphatic heterocycles. The second-order valence-corrected chi connectivity index (χ2v) is 9.75. The Bertz CT molecular complexity index is 603. The van der Waals surface area contributed by atoms with Crippen LogP contribution in [-0.4, -0.2) is 57.4 Å². The summed E-state index contributed by atoms with van der Waals surface area (Å²) in [6.45, 7) is 1.23. The van der Waals surface area contributed by atoms with E-state index >= 15 is 0 Å². The lowest BCUT2D eigenvalue weighted by atomic mass is 9.86. The average molecular weight is 554 g/mol. The Balaban J connectivity index is 0.00000420. The molecule has 0 aromatic carbocycles. The Morgan fingerprint density at radius 1 is 1.03 bits per heavy atom. The first-order valence-corrected chi connectivity index (χ1v) is 11.7. The molecular formula is C18H34F3IN4O2S. The smallest absolute Gasteiger partial charge is 0.356 e. The van der Waals surface area contributed by atoms with E-state index < -0.39 is 15.5 Å². The number of guanidine groups is 1. The number of rotatable bonds is 7. The number of alkyl halides is 3. The highest BCUT2D eigenvalue weighted by molar-refractivity contribution is 14.0. The third-order valence-electron chi connectivity index (χ3n) is 5.79. The SMILES string of the molecule is CN=C(NCCCC1CCCCC1)NCC1CCN(S(=O)(=O)C(F)(F)F)CC1.I. The highest BCUT2D eigenvalue weighted by Crippen LogP contribution is 2.30. The standard InChI is InChI=1S/C18H33F3N4O2S.HI/c1-22-17(23-11-5-8-15-6-3-2-4-7-15)24-14-16-9-12-25(13-10-16)28(26,27)18(19,20)21;/h15-16H,2-14H2,1H3,(H2,22,23,24);1H. The van der Waals surface area contributed by atoms with Crippen LogP contribution in [0.2, 0.25) is 0 Å². The van der Waals surface area contributed by atoms with Gasteiger partial charge in [-0.15, -0.1) is 24.0 Å². The first kappa shape index (κ1) is 26.7. The van der Waals surface area contributed by atoms with E-state index in [1.165, 1.54) is 38.5 Å². The topological polar surface area (TPSA) is 73.8 Å². The van der Waals surface area contributed by atoms with E-state index in [-0.39, 0.29) is 43.0 Å². The van der Waals surface area contributed by atoms with Crippen molar-refractivity contribution >= 4 is 40.0 Å². The predicted octanol–water partition coefficient (Wildman–Crippen LogP) is 3.69. The van der Waals surface area contributed by atoms with Crippen LogP contribution in [0.15, 0.2) is 4.99 Å².